The van der Waals surface area contributed by atoms with Gasteiger partial charge >= 0.3 is 0 Å². The Bertz CT molecular complexity index is 856. The van der Waals surface area contributed by atoms with Crippen molar-refractivity contribution < 1.29 is 9.18 Å². The number of rotatable bonds is 5. The van der Waals surface area contributed by atoms with E-state index in [1.54, 1.807) is 22.9 Å². The van der Waals surface area contributed by atoms with E-state index in [-0.39, 0.29) is 17.8 Å². The van der Waals surface area contributed by atoms with Crippen LogP contribution < -0.4 is 5.32 Å². The Hall–Kier alpha value is -2.95. The summed E-state index contributed by atoms with van der Waals surface area (Å²) in [5, 5.41) is 7.54. The van der Waals surface area contributed by atoms with Crippen LogP contribution in [0.5, 0.6) is 0 Å². The molecule has 0 aliphatic carbocycles. The van der Waals surface area contributed by atoms with Crippen molar-refractivity contribution in [3.05, 3.63) is 72.2 Å². The lowest BCUT2D eigenvalue weighted by atomic mass is 10.1. The quantitative estimate of drug-likeness (QED) is 0.758. The van der Waals surface area contributed by atoms with E-state index in [9.17, 15) is 9.18 Å². The molecule has 0 bridgehead atoms. The number of halogens is 1. The fourth-order valence-corrected chi connectivity index (χ4v) is 2.47. The van der Waals surface area contributed by atoms with Crippen molar-refractivity contribution in [2.75, 3.05) is 0 Å². The maximum absolute atomic E-state index is 13.2. The minimum Gasteiger partial charge on any atom is -0.348 e. The number of benzene rings is 2. The molecule has 3 aromatic rings. The molecule has 1 aromatic heterocycles. The number of nitrogens with zero attached hydrogens (tertiary/aromatic N) is 2. The third-order valence-electron chi connectivity index (χ3n) is 4.07. The van der Waals surface area contributed by atoms with Crippen LogP contribution in [0.1, 0.15) is 30.8 Å². The molecule has 0 aliphatic rings. The predicted octanol–water partition coefficient (Wildman–Crippen LogP) is 4.21. The number of carbonyl (C=O) groups is 1. The molecule has 0 saturated carbocycles. The molecular weight excluding hydrogens is 317 g/mol. The Kier molecular flexibility index (Phi) is 4.93. The van der Waals surface area contributed by atoms with Crippen LogP contribution in [0, 0.1) is 5.82 Å². The van der Waals surface area contributed by atoms with E-state index in [2.05, 4.69) is 10.4 Å². The lowest BCUT2D eigenvalue weighted by Gasteiger charge is -2.12. The zero-order chi connectivity index (χ0) is 17.8. The number of nitrogens with one attached hydrogen (secondary N) is 1. The Morgan fingerprint density at radius 2 is 1.84 bits per heavy atom. The Morgan fingerprint density at radius 1 is 1.16 bits per heavy atom. The maximum Gasteiger partial charge on any atom is 0.270 e. The molecule has 0 fully saturated rings. The minimum absolute atomic E-state index is 0.0703. The van der Waals surface area contributed by atoms with Crippen molar-refractivity contribution >= 4 is 5.91 Å². The number of aromatic nitrogens is 2. The van der Waals surface area contributed by atoms with Gasteiger partial charge in [-0.2, -0.15) is 5.10 Å². The second-order valence-corrected chi connectivity index (χ2v) is 5.95. The third kappa shape index (κ3) is 3.76. The first kappa shape index (κ1) is 16.9. The second kappa shape index (κ2) is 7.30. The summed E-state index contributed by atoms with van der Waals surface area (Å²) in [5.74, 6) is -0.486. The molecule has 3 rings (SSSR count). The highest BCUT2D eigenvalue weighted by Gasteiger charge is 2.18. The van der Waals surface area contributed by atoms with Crippen LogP contribution in [0.15, 0.2) is 60.7 Å². The summed E-state index contributed by atoms with van der Waals surface area (Å²) in [4.78, 5) is 12.7. The van der Waals surface area contributed by atoms with Gasteiger partial charge in [-0.15, -0.1) is 0 Å². The standard InChI is InChI=1S/C20H20FN3O/c1-3-14(2)22-20(25)19-13-18(15-9-11-16(21)12-10-15)23-24(19)17-7-5-4-6-8-17/h4-14H,3H2,1-2H3,(H,22,25)/t14-/m1/s1. The molecule has 5 heteroatoms. The van der Waals surface area contributed by atoms with Gasteiger partial charge in [0.15, 0.2) is 0 Å². The summed E-state index contributed by atoms with van der Waals surface area (Å²) in [7, 11) is 0. The average molecular weight is 337 g/mol. The van der Waals surface area contributed by atoms with Gasteiger partial charge in [0.05, 0.1) is 11.4 Å². The van der Waals surface area contributed by atoms with Gasteiger partial charge in [-0.1, -0.05) is 25.1 Å². The zero-order valence-corrected chi connectivity index (χ0v) is 14.2. The number of amides is 1. The van der Waals surface area contributed by atoms with E-state index in [0.717, 1.165) is 17.7 Å². The van der Waals surface area contributed by atoms with E-state index in [1.807, 2.05) is 44.2 Å². The molecule has 1 N–H and O–H groups in total. The molecule has 128 valence electrons. The molecule has 2 aromatic carbocycles. The summed E-state index contributed by atoms with van der Waals surface area (Å²) in [6, 6.07) is 17.4. The highest BCUT2D eigenvalue weighted by molar-refractivity contribution is 5.94. The number of para-hydroxylation sites is 1. The molecule has 25 heavy (non-hydrogen) atoms. The third-order valence-corrected chi connectivity index (χ3v) is 4.07. The number of hydrogen-bond donors (Lipinski definition) is 1. The first-order valence-corrected chi connectivity index (χ1v) is 8.30. The van der Waals surface area contributed by atoms with Gasteiger partial charge < -0.3 is 5.32 Å². The van der Waals surface area contributed by atoms with Gasteiger partial charge in [-0.3, -0.25) is 4.79 Å². The van der Waals surface area contributed by atoms with Crippen LogP contribution in [-0.4, -0.2) is 21.7 Å². The van der Waals surface area contributed by atoms with Crippen LogP contribution >= 0.6 is 0 Å². The van der Waals surface area contributed by atoms with Crippen molar-refractivity contribution in [1.29, 1.82) is 0 Å². The molecule has 0 saturated heterocycles. The summed E-state index contributed by atoms with van der Waals surface area (Å²) >= 11 is 0. The van der Waals surface area contributed by atoms with E-state index < -0.39 is 0 Å². The van der Waals surface area contributed by atoms with Crippen molar-refractivity contribution in [2.24, 2.45) is 0 Å². The van der Waals surface area contributed by atoms with Gasteiger partial charge in [0.1, 0.15) is 11.5 Å². The minimum atomic E-state index is -0.305. The molecule has 0 radical (unpaired) electrons. The molecule has 4 nitrogen and oxygen atoms in total. The molecule has 0 aliphatic heterocycles. The summed E-state index contributed by atoms with van der Waals surface area (Å²) in [5.41, 5.74) is 2.63. The molecule has 1 amide bonds. The molecule has 1 heterocycles. The molecule has 1 atom stereocenters. The summed E-state index contributed by atoms with van der Waals surface area (Å²) in [6.45, 7) is 3.98. The largest absolute Gasteiger partial charge is 0.348 e. The van der Waals surface area contributed by atoms with Gasteiger partial charge in [0.25, 0.3) is 5.91 Å². The van der Waals surface area contributed by atoms with Crippen LogP contribution in [-0.2, 0) is 0 Å². The van der Waals surface area contributed by atoms with Crippen molar-refractivity contribution in [1.82, 2.24) is 15.1 Å². The SMILES string of the molecule is CC[C@@H](C)NC(=O)c1cc(-c2ccc(F)cc2)nn1-c1ccccc1. The summed E-state index contributed by atoms with van der Waals surface area (Å²) < 4.78 is 14.8. The fraction of sp³-hybridized carbons (Fsp3) is 0.200. The van der Waals surface area contributed by atoms with Gasteiger partial charge in [-0.05, 0) is 55.8 Å². The molecule has 0 spiro atoms. The average Bonchev–Trinajstić information content (AvgIpc) is 3.08. The van der Waals surface area contributed by atoms with E-state index in [1.165, 1.54) is 12.1 Å². The van der Waals surface area contributed by atoms with Crippen LogP contribution in [0.2, 0.25) is 0 Å². The zero-order valence-electron chi connectivity index (χ0n) is 14.2. The lowest BCUT2D eigenvalue weighted by Crippen LogP contribution is -2.33. The topological polar surface area (TPSA) is 46.9 Å². The monoisotopic (exact) mass is 337 g/mol. The Balaban J connectivity index is 2.05. The first-order chi connectivity index (χ1) is 12.1. The normalized spacial score (nSPS) is 12.0. The lowest BCUT2D eigenvalue weighted by molar-refractivity contribution is 0.0931. The van der Waals surface area contributed by atoms with E-state index in [4.69, 9.17) is 0 Å². The fourth-order valence-electron chi connectivity index (χ4n) is 2.47. The van der Waals surface area contributed by atoms with Crippen molar-refractivity contribution in [3.8, 4) is 16.9 Å². The van der Waals surface area contributed by atoms with E-state index in [0.29, 0.717) is 11.4 Å². The van der Waals surface area contributed by atoms with Gasteiger partial charge in [0, 0.05) is 11.6 Å². The van der Waals surface area contributed by atoms with E-state index >= 15 is 0 Å². The number of carbonyl (C=O) groups excluding carboxylic acids is 1. The van der Waals surface area contributed by atoms with Gasteiger partial charge in [-0.25, -0.2) is 9.07 Å². The Labute approximate surface area is 146 Å². The first-order valence-electron chi connectivity index (χ1n) is 8.30. The predicted molar refractivity (Wildman–Crippen MR) is 96.2 cm³/mol. The highest BCUT2D eigenvalue weighted by atomic mass is 19.1. The van der Waals surface area contributed by atoms with Crippen LogP contribution in [0.4, 0.5) is 4.39 Å². The second-order valence-electron chi connectivity index (χ2n) is 5.95. The van der Waals surface area contributed by atoms with Crippen molar-refractivity contribution in [3.63, 3.8) is 0 Å². The highest BCUT2D eigenvalue weighted by Crippen LogP contribution is 2.22. The maximum atomic E-state index is 13.2. The molecular formula is C20H20FN3O. The van der Waals surface area contributed by atoms with Crippen molar-refractivity contribution in [2.45, 2.75) is 26.3 Å². The van der Waals surface area contributed by atoms with Crippen LogP contribution in [0.25, 0.3) is 16.9 Å². The van der Waals surface area contributed by atoms with Gasteiger partial charge in [0.2, 0.25) is 0 Å². The molecule has 0 unspecified atom stereocenters. The van der Waals surface area contributed by atoms with Crippen LogP contribution in [0.3, 0.4) is 0 Å². The number of hydrogen-bond acceptors (Lipinski definition) is 2. The Morgan fingerprint density at radius 3 is 2.48 bits per heavy atom. The smallest absolute Gasteiger partial charge is 0.270 e. The summed E-state index contributed by atoms with van der Waals surface area (Å²) in [6.07, 6.45) is 0.843.